The number of methoxy groups -OCH3 is 2. The molecule has 2 heterocycles. The number of nitrogens with one attached hydrogen (secondary N) is 1. The molecule has 2 aromatic rings. The van der Waals surface area contributed by atoms with Crippen molar-refractivity contribution >= 4 is 35.9 Å². The second-order valence-electron chi connectivity index (χ2n) is 14.6. The number of anilines is 2. The zero-order valence-electron chi connectivity index (χ0n) is 33.0. The van der Waals surface area contributed by atoms with E-state index in [-0.39, 0.29) is 6.10 Å². The van der Waals surface area contributed by atoms with E-state index in [1.54, 1.807) is 0 Å². The molecule has 52 heavy (non-hydrogen) atoms. The molecule has 1 N–H and O–H groups in total. The molecule has 4 rings (SSSR count). The molecule has 2 aromatic carbocycles. The molecule has 0 aromatic heterocycles. The summed E-state index contributed by atoms with van der Waals surface area (Å²) in [5.74, 6) is -0.615. The molecular weight excluding hydrogens is 671 g/mol. The lowest BCUT2D eigenvalue weighted by molar-refractivity contribution is -0.137. The quantitative estimate of drug-likeness (QED) is 0.0791. The fourth-order valence-corrected chi connectivity index (χ4v) is 8.00. The standard InChI is InChI=1S/C43H63N3O5S/c1-9-10-11-12-13-14-15-16-17-18-19-20-21-23-32-24-22-25-35(51-29(2)3)37(32)38-36(41(47)49-7)31(5)45(6)40(39(38)42(48)50-8)46-34-28-30(4)26-27-33(34)44-43(46)52/h22,24-29,38,43-44,52H,9-21,23H2,1-8H3. The Morgan fingerprint density at radius 1 is 0.827 bits per heavy atom. The van der Waals surface area contributed by atoms with Crippen LogP contribution in [0.2, 0.25) is 0 Å². The molecule has 8 nitrogen and oxygen atoms in total. The van der Waals surface area contributed by atoms with E-state index in [1.807, 2.05) is 68.8 Å². The van der Waals surface area contributed by atoms with Crippen LogP contribution in [0.1, 0.15) is 134 Å². The summed E-state index contributed by atoms with van der Waals surface area (Å²) >= 11 is 4.95. The monoisotopic (exact) mass is 733 g/mol. The van der Waals surface area contributed by atoms with Gasteiger partial charge in [0, 0.05) is 18.3 Å². The number of allylic oxidation sites excluding steroid dienone is 1. The lowest BCUT2D eigenvalue weighted by Gasteiger charge is -2.42. The van der Waals surface area contributed by atoms with Crippen LogP contribution in [0.15, 0.2) is 59.1 Å². The third-order valence-electron chi connectivity index (χ3n) is 10.4. The number of unbranched alkanes of at least 4 members (excludes halogenated alkanes) is 12. The first-order chi connectivity index (χ1) is 25.0. The topological polar surface area (TPSA) is 80.3 Å². The molecule has 0 spiro atoms. The first kappa shape index (κ1) is 41.2. The van der Waals surface area contributed by atoms with E-state index in [0.29, 0.717) is 28.4 Å². The number of fused-ring (bicyclic) bond motifs is 1. The highest BCUT2D eigenvalue weighted by Gasteiger charge is 2.46. The Bertz CT molecular complexity index is 1580. The number of hydrogen-bond acceptors (Lipinski definition) is 9. The number of thiol groups is 1. The maximum atomic E-state index is 14.2. The summed E-state index contributed by atoms with van der Waals surface area (Å²) in [7, 11) is 4.64. The van der Waals surface area contributed by atoms with Crippen molar-refractivity contribution in [2.24, 2.45) is 0 Å². The second kappa shape index (κ2) is 20.0. The highest BCUT2D eigenvalue weighted by molar-refractivity contribution is 7.81. The van der Waals surface area contributed by atoms with Crippen LogP contribution in [-0.4, -0.2) is 49.7 Å². The van der Waals surface area contributed by atoms with Crippen LogP contribution in [0.3, 0.4) is 0 Å². The smallest absolute Gasteiger partial charge is 0.338 e. The first-order valence-electron chi connectivity index (χ1n) is 19.5. The van der Waals surface area contributed by atoms with Gasteiger partial charge in [-0.1, -0.05) is 102 Å². The summed E-state index contributed by atoms with van der Waals surface area (Å²) < 4.78 is 17.5. The van der Waals surface area contributed by atoms with Crippen molar-refractivity contribution in [3.63, 3.8) is 0 Å². The fraction of sp³-hybridized carbons (Fsp3) is 0.581. The van der Waals surface area contributed by atoms with Crippen molar-refractivity contribution in [3.8, 4) is 5.75 Å². The Kier molecular flexibility index (Phi) is 15.9. The number of carbonyl (C=O) groups is 2. The lowest BCUT2D eigenvalue weighted by atomic mass is 9.77. The van der Waals surface area contributed by atoms with Crippen molar-refractivity contribution in [1.82, 2.24) is 4.90 Å². The van der Waals surface area contributed by atoms with Gasteiger partial charge in [0.1, 0.15) is 11.6 Å². The zero-order valence-corrected chi connectivity index (χ0v) is 33.9. The maximum Gasteiger partial charge on any atom is 0.338 e. The Morgan fingerprint density at radius 3 is 1.98 bits per heavy atom. The molecule has 286 valence electrons. The molecule has 0 aliphatic carbocycles. The van der Waals surface area contributed by atoms with Crippen molar-refractivity contribution < 1.29 is 23.8 Å². The highest BCUT2D eigenvalue weighted by atomic mass is 32.1. The average molecular weight is 734 g/mol. The highest BCUT2D eigenvalue weighted by Crippen LogP contribution is 2.50. The van der Waals surface area contributed by atoms with E-state index < -0.39 is 23.4 Å². The third kappa shape index (κ3) is 9.88. The molecule has 2 aliphatic heterocycles. The van der Waals surface area contributed by atoms with Crippen LogP contribution >= 0.6 is 12.6 Å². The molecule has 0 saturated heterocycles. The van der Waals surface area contributed by atoms with E-state index in [1.165, 1.54) is 84.8 Å². The van der Waals surface area contributed by atoms with Crippen LogP contribution in [0.5, 0.6) is 5.75 Å². The molecule has 0 fully saturated rings. The van der Waals surface area contributed by atoms with E-state index >= 15 is 0 Å². The molecule has 0 amide bonds. The van der Waals surface area contributed by atoms with Crippen LogP contribution in [0.4, 0.5) is 11.4 Å². The van der Waals surface area contributed by atoms with Crippen molar-refractivity contribution in [3.05, 3.63) is 75.8 Å². The van der Waals surface area contributed by atoms with Gasteiger partial charge in [0.25, 0.3) is 0 Å². The SMILES string of the molecule is CCCCCCCCCCCCCCCc1cccc(OC(C)C)c1C1C(C(=O)OC)=C(C)N(C)C(N2c3cc(C)ccc3NC2S)=C1C(=O)OC. The molecule has 2 aliphatic rings. The minimum Gasteiger partial charge on any atom is -0.491 e. The van der Waals surface area contributed by atoms with Gasteiger partial charge in [-0.2, -0.15) is 0 Å². The molecule has 0 radical (unpaired) electrons. The van der Waals surface area contributed by atoms with Crippen molar-refractivity contribution in [2.45, 2.75) is 142 Å². The first-order valence-corrected chi connectivity index (χ1v) is 20.0. The minimum absolute atomic E-state index is 0.132. The molecular formula is C43H63N3O5S. The number of ether oxygens (including phenoxy) is 3. The predicted octanol–water partition coefficient (Wildman–Crippen LogP) is 10.4. The Morgan fingerprint density at radius 2 is 1.40 bits per heavy atom. The number of hydrogen-bond donors (Lipinski definition) is 2. The number of carbonyl (C=O) groups excluding carboxylic acids is 2. The summed E-state index contributed by atoms with van der Waals surface area (Å²) in [5.41, 5.74) is 5.61. The van der Waals surface area contributed by atoms with Gasteiger partial charge in [-0.25, -0.2) is 9.59 Å². The van der Waals surface area contributed by atoms with Gasteiger partial charge in [0.15, 0.2) is 5.50 Å². The number of rotatable bonds is 20. The largest absolute Gasteiger partial charge is 0.491 e. The van der Waals surface area contributed by atoms with Crippen LogP contribution in [-0.2, 0) is 25.5 Å². The Labute approximate surface area is 318 Å². The van der Waals surface area contributed by atoms with Gasteiger partial charge in [-0.3, -0.25) is 4.90 Å². The van der Waals surface area contributed by atoms with Gasteiger partial charge < -0.3 is 24.4 Å². The third-order valence-corrected chi connectivity index (χ3v) is 10.7. The Balaban J connectivity index is 1.70. The van der Waals surface area contributed by atoms with E-state index in [0.717, 1.165) is 47.3 Å². The number of nitrogens with zero attached hydrogens (tertiary/aromatic N) is 2. The van der Waals surface area contributed by atoms with Gasteiger partial charge >= 0.3 is 11.9 Å². The molecule has 0 bridgehead atoms. The van der Waals surface area contributed by atoms with Gasteiger partial charge in [-0.05, 0) is 69.9 Å². The molecule has 0 saturated carbocycles. The van der Waals surface area contributed by atoms with Gasteiger partial charge in [0.2, 0.25) is 0 Å². The number of esters is 2. The number of benzene rings is 2. The van der Waals surface area contributed by atoms with Crippen molar-refractivity contribution in [2.75, 3.05) is 31.5 Å². The molecule has 9 heteroatoms. The lowest BCUT2D eigenvalue weighted by Crippen LogP contribution is -2.44. The van der Waals surface area contributed by atoms with Crippen LogP contribution < -0.4 is 15.0 Å². The summed E-state index contributed by atoms with van der Waals surface area (Å²) in [4.78, 5) is 32.0. The normalized spacial score (nSPS) is 17.1. The van der Waals surface area contributed by atoms with Crippen LogP contribution in [0, 0.1) is 6.92 Å². The van der Waals surface area contributed by atoms with Gasteiger partial charge in [-0.15, -0.1) is 12.6 Å². The summed E-state index contributed by atoms with van der Waals surface area (Å²) in [6, 6.07) is 12.2. The Hall–Kier alpha value is -3.59. The zero-order chi connectivity index (χ0) is 37.8. The predicted molar refractivity (Wildman–Crippen MR) is 216 cm³/mol. The number of aryl methyl sites for hydroxylation is 2. The minimum atomic E-state index is -0.813. The summed E-state index contributed by atoms with van der Waals surface area (Å²) in [5, 5.41) is 3.45. The summed E-state index contributed by atoms with van der Waals surface area (Å²) in [6.45, 7) is 10.2. The van der Waals surface area contributed by atoms with Crippen LogP contribution in [0.25, 0.3) is 0 Å². The average Bonchev–Trinajstić information content (AvgIpc) is 3.44. The summed E-state index contributed by atoms with van der Waals surface area (Å²) in [6.07, 6.45) is 17.3. The molecule has 2 unspecified atom stereocenters. The fourth-order valence-electron chi connectivity index (χ4n) is 7.63. The second-order valence-corrected chi connectivity index (χ2v) is 15.1. The maximum absolute atomic E-state index is 14.2. The van der Waals surface area contributed by atoms with Crippen molar-refractivity contribution in [1.29, 1.82) is 0 Å². The van der Waals surface area contributed by atoms with E-state index in [9.17, 15) is 9.59 Å². The van der Waals surface area contributed by atoms with Gasteiger partial charge in [0.05, 0.1) is 48.8 Å². The van der Waals surface area contributed by atoms with E-state index in [2.05, 4.69) is 24.4 Å². The molecule has 2 atom stereocenters. The van der Waals surface area contributed by atoms with E-state index in [4.69, 9.17) is 26.8 Å².